The van der Waals surface area contributed by atoms with Crippen LogP contribution in [0.1, 0.15) is 38.1 Å². The van der Waals surface area contributed by atoms with Crippen LogP contribution >= 0.6 is 22.9 Å². The third-order valence-corrected chi connectivity index (χ3v) is 7.56. The van der Waals surface area contributed by atoms with Crippen LogP contribution in [0, 0.1) is 25.7 Å². The Kier molecular flexibility index (Phi) is 5.69. The molecule has 7 heteroatoms. The summed E-state index contributed by atoms with van der Waals surface area (Å²) in [6.45, 7) is 7.26. The van der Waals surface area contributed by atoms with Crippen LogP contribution in [-0.2, 0) is 4.79 Å². The number of carbonyl (C=O) groups excluding carboxylic acids is 2. The van der Waals surface area contributed by atoms with Crippen molar-refractivity contribution >= 4 is 34.8 Å². The van der Waals surface area contributed by atoms with Crippen molar-refractivity contribution in [1.82, 2.24) is 9.80 Å². The molecule has 4 rings (SSSR count). The van der Waals surface area contributed by atoms with Gasteiger partial charge in [-0.05, 0) is 55.0 Å². The Bertz CT molecular complexity index is 930. The van der Waals surface area contributed by atoms with E-state index in [0.29, 0.717) is 16.9 Å². The Morgan fingerprint density at radius 1 is 1.14 bits per heavy atom. The molecule has 3 atom stereocenters. The number of aryl methyl sites for hydroxylation is 2. The van der Waals surface area contributed by atoms with E-state index < -0.39 is 0 Å². The summed E-state index contributed by atoms with van der Waals surface area (Å²) in [6, 6.07) is 9.84. The van der Waals surface area contributed by atoms with Crippen molar-refractivity contribution in [2.75, 3.05) is 26.2 Å². The Balaban J connectivity index is 1.46. The van der Waals surface area contributed by atoms with Gasteiger partial charge in [-0.15, -0.1) is 11.3 Å². The molecule has 2 aliphatic rings. The summed E-state index contributed by atoms with van der Waals surface area (Å²) in [7, 11) is 0. The number of likely N-dealkylation sites (tertiary alicyclic amines) is 2. The number of fused-ring (bicyclic) bond motifs is 1. The van der Waals surface area contributed by atoms with E-state index in [2.05, 4.69) is 4.90 Å². The second-order valence-electron chi connectivity index (χ2n) is 8.29. The number of primary amides is 1. The molecule has 1 aromatic carbocycles. The summed E-state index contributed by atoms with van der Waals surface area (Å²) in [6.07, 6.45) is 0.274. The van der Waals surface area contributed by atoms with E-state index in [4.69, 9.17) is 17.3 Å². The fourth-order valence-electron chi connectivity index (χ4n) is 4.62. The first kappa shape index (κ1) is 20.4. The van der Waals surface area contributed by atoms with Crippen LogP contribution in [0.2, 0.25) is 5.02 Å². The van der Waals surface area contributed by atoms with E-state index in [1.807, 2.05) is 49.1 Å². The monoisotopic (exact) mass is 431 g/mol. The molecule has 1 aromatic heterocycles. The summed E-state index contributed by atoms with van der Waals surface area (Å²) in [5.74, 6) is 0.685. The second kappa shape index (κ2) is 8.09. The van der Waals surface area contributed by atoms with Gasteiger partial charge in [-0.3, -0.25) is 14.5 Å². The molecule has 2 aliphatic heterocycles. The van der Waals surface area contributed by atoms with Crippen LogP contribution in [0.4, 0.5) is 0 Å². The van der Waals surface area contributed by atoms with Gasteiger partial charge in [0, 0.05) is 48.5 Å². The van der Waals surface area contributed by atoms with E-state index in [-0.39, 0.29) is 24.3 Å². The second-order valence-corrected chi connectivity index (χ2v) is 9.98. The lowest BCUT2D eigenvalue weighted by molar-refractivity contribution is -0.119. The molecule has 2 fully saturated rings. The third-order valence-electron chi connectivity index (χ3n) is 6.17. The molecule has 0 bridgehead atoms. The lowest BCUT2D eigenvalue weighted by Crippen LogP contribution is -2.35. The molecule has 3 heterocycles. The molecule has 0 spiro atoms. The number of rotatable bonds is 5. The van der Waals surface area contributed by atoms with Crippen molar-refractivity contribution in [3.63, 3.8) is 0 Å². The van der Waals surface area contributed by atoms with Crippen LogP contribution < -0.4 is 5.73 Å². The number of benzene rings is 1. The van der Waals surface area contributed by atoms with Crippen molar-refractivity contribution in [2.45, 2.75) is 26.3 Å². The van der Waals surface area contributed by atoms with Crippen molar-refractivity contribution in [3.8, 4) is 0 Å². The van der Waals surface area contributed by atoms with Gasteiger partial charge in [0.25, 0.3) is 5.91 Å². The highest BCUT2D eigenvalue weighted by molar-refractivity contribution is 7.13. The fraction of sp³-hybridized carbons (Fsp3) is 0.455. The van der Waals surface area contributed by atoms with Gasteiger partial charge in [0.1, 0.15) is 0 Å². The van der Waals surface area contributed by atoms with Crippen LogP contribution in [0.15, 0.2) is 30.3 Å². The highest BCUT2D eigenvalue weighted by Gasteiger charge is 2.44. The fourth-order valence-corrected chi connectivity index (χ4v) is 5.64. The number of halogens is 1. The Labute approximate surface area is 180 Å². The topological polar surface area (TPSA) is 66.6 Å². The predicted molar refractivity (Wildman–Crippen MR) is 116 cm³/mol. The molecule has 2 saturated heterocycles. The molecular formula is C22H26ClN3O2S. The van der Waals surface area contributed by atoms with Gasteiger partial charge in [-0.25, -0.2) is 0 Å². The lowest BCUT2D eigenvalue weighted by atomic mass is 10.0. The zero-order valence-corrected chi connectivity index (χ0v) is 18.3. The van der Waals surface area contributed by atoms with Gasteiger partial charge < -0.3 is 10.6 Å². The molecule has 154 valence electrons. The maximum Gasteiger partial charge on any atom is 0.263 e. The molecule has 2 amide bonds. The van der Waals surface area contributed by atoms with Gasteiger partial charge in [-0.1, -0.05) is 23.7 Å². The van der Waals surface area contributed by atoms with Crippen molar-refractivity contribution in [2.24, 2.45) is 17.6 Å². The largest absolute Gasteiger partial charge is 0.370 e. The normalized spacial score (nSPS) is 22.7. The number of hydrogen-bond donors (Lipinski definition) is 1. The molecule has 0 saturated carbocycles. The maximum atomic E-state index is 12.8. The van der Waals surface area contributed by atoms with Crippen LogP contribution in [0.25, 0.3) is 0 Å². The predicted octanol–water partition coefficient (Wildman–Crippen LogP) is 3.64. The van der Waals surface area contributed by atoms with E-state index >= 15 is 0 Å². The zero-order valence-electron chi connectivity index (χ0n) is 16.7. The van der Waals surface area contributed by atoms with Gasteiger partial charge in [0.15, 0.2) is 0 Å². The average Bonchev–Trinajstić information content (AvgIpc) is 3.36. The molecule has 29 heavy (non-hydrogen) atoms. The Morgan fingerprint density at radius 2 is 1.83 bits per heavy atom. The minimum absolute atomic E-state index is 0.0692. The van der Waals surface area contributed by atoms with E-state index in [9.17, 15) is 9.59 Å². The van der Waals surface area contributed by atoms with Gasteiger partial charge in [0.05, 0.1) is 4.88 Å². The Hall–Kier alpha value is -1.89. The van der Waals surface area contributed by atoms with Crippen LogP contribution in [-0.4, -0.2) is 47.8 Å². The third kappa shape index (κ3) is 4.20. The van der Waals surface area contributed by atoms with Crippen LogP contribution in [0.3, 0.4) is 0 Å². The smallest absolute Gasteiger partial charge is 0.263 e. The van der Waals surface area contributed by atoms with E-state index in [1.54, 1.807) is 11.3 Å². The van der Waals surface area contributed by atoms with Crippen molar-refractivity contribution in [3.05, 3.63) is 56.2 Å². The number of nitrogens with zero attached hydrogens (tertiary/aromatic N) is 2. The maximum absolute atomic E-state index is 12.8. The van der Waals surface area contributed by atoms with Gasteiger partial charge >= 0.3 is 0 Å². The first-order valence-electron chi connectivity index (χ1n) is 9.96. The number of carbonyl (C=O) groups is 2. The minimum Gasteiger partial charge on any atom is -0.370 e. The SMILES string of the molecule is Cc1ccc(C(=O)N2CC3CN(C(CC(N)=O)c4ccc(C)c(Cl)c4)CC3C2)s1. The highest BCUT2D eigenvalue weighted by atomic mass is 35.5. The first-order chi connectivity index (χ1) is 13.8. The Morgan fingerprint density at radius 3 is 2.38 bits per heavy atom. The van der Waals surface area contributed by atoms with Crippen molar-refractivity contribution < 1.29 is 9.59 Å². The summed E-state index contributed by atoms with van der Waals surface area (Å²) in [4.78, 5) is 30.9. The molecule has 3 unspecified atom stereocenters. The number of nitrogens with two attached hydrogens (primary N) is 1. The first-order valence-corrected chi connectivity index (χ1v) is 11.2. The van der Waals surface area contributed by atoms with Crippen LogP contribution in [0.5, 0.6) is 0 Å². The summed E-state index contributed by atoms with van der Waals surface area (Å²) in [5, 5.41) is 0.708. The summed E-state index contributed by atoms with van der Waals surface area (Å²) < 4.78 is 0. The summed E-state index contributed by atoms with van der Waals surface area (Å²) in [5.41, 5.74) is 7.61. The molecular weight excluding hydrogens is 406 g/mol. The molecule has 2 N–H and O–H groups in total. The lowest BCUT2D eigenvalue weighted by Gasteiger charge is -2.29. The standard InChI is InChI=1S/C22H26ClN3O2S/c1-13-3-5-15(7-18(13)23)19(8-21(24)27)25-9-16-11-26(12-17(16)10-25)22(28)20-6-4-14(2)29-20/h3-7,16-17,19H,8-12H2,1-2H3,(H2,24,27). The summed E-state index contributed by atoms with van der Waals surface area (Å²) >= 11 is 7.89. The molecule has 5 nitrogen and oxygen atoms in total. The van der Waals surface area contributed by atoms with Gasteiger partial charge in [0.2, 0.25) is 5.91 Å². The molecule has 2 aromatic rings. The van der Waals surface area contributed by atoms with E-state index in [1.165, 1.54) is 0 Å². The molecule has 0 aliphatic carbocycles. The van der Waals surface area contributed by atoms with Crippen molar-refractivity contribution in [1.29, 1.82) is 0 Å². The number of amides is 2. The quantitative estimate of drug-likeness (QED) is 0.785. The number of hydrogen-bond acceptors (Lipinski definition) is 4. The van der Waals surface area contributed by atoms with E-state index in [0.717, 1.165) is 47.1 Å². The highest BCUT2D eigenvalue weighted by Crippen LogP contribution is 2.38. The zero-order chi connectivity index (χ0) is 20.7. The van der Waals surface area contributed by atoms with Gasteiger partial charge in [-0.2, -0.15) is 0 Å². The molecule has 0 radical (unpaired) electrons. The average molecular weight is 432 g/mol. The number of thiophene rings is 1. The minimum atomic E-state index is -0.311.